The molecule has 0 fully saturated rings. The number of benzene rings is 1. The molecule has 0 spiro atoms. The van der Waals surface area contributed by atoms with Gasteiger partial charge in [0.1, 0.15) is 6.10 Å². The molecule has 1 aromatic carbocycles. The lowest BCUT2D eigenvalue weighted by Crippen LogP contribution is -2.31. The minimum absolute atomic E-state index is 0.0524. The van der Waals surface area contributed by atoms with Crippen molar-refractivity contribution in [3.05, 3.63) is 35.4 Å². The smallest absolute Gasteiger partial charge is 0.311 e. The third-order valence-electron chi connectivity index (χ3n) is 3.19. The average molecular weight is 232 g/mol. The average Bonchev–Trinajstić information content (AvgIpc) is 2.27. The van der Waals surface area contributed by atoms with Crippen molar-refractivity contribution in [3.8, 4) is 0 Å². The van der Waals surface area contributed by atoms with Crippen LogP contribution in [0.25, 0.3) is 0 Å². The van der Waals surface area contributed by atoms with Crippen molar-refractivity contribution in [2.45, 2.75) is 46.1 Å². The Labute approximate surface area is 103 Å². The summed E-state index contributed by atoms with van der Waals surface area (Å²) >= 11 is 0. The Bertz CT molecular complexity index is 415. The van der Waals surface area contributed by atoms with E-state index in [0.717, 1.165) is 19.3 Å². The van der Waals surface area contributed by atoms with E-state index in [2.05, 4.69) is 18.2 Å². The Hall–Kier alpha value is -1.31. The molecule has 17 heavy (non-hydrogen) atoms. The summed E-state index contributed by atoms with van der Waals surface area (Å²) < 4.78 is 5.57. The summed E-state index contributed by atoms with van der Waals surface area (Å²) in [5, 5.41) is 0. The molecule has 0 aliphatic heterocycles. The van der Waals surface area contributed by atoms with Crippen molar-refractivity contribution in [1.82, 2.24) is 0 Å². The van der Waals surface area contributed by atoms with Crippen LogP contribution >= 0.6 is 0 Å². The Morgan fingerprint density at radius 3 is 2.53 bits per heavy atom. The zero-order valence-electron chi connectivity index (χ0n) is 10.8. The van der Waals surface area contributed by atoms with Crippen molar-refractivity contribution in [3.63, 3.8) is 0 Å². The van der Waals surface area contributed by atoms with Crippen LogP contribution < -0.4 is 0 Å². The first-order valence-corrected chi connectivity index (χ1v) is 6.24. The number of aryl methyl sites for hydroxylation is 1. The second-order valence-corrected chi connectivity index (χ2v) is 5.79. The number of esters is 1. The standard InChI is InChI=1S/C15H20O2/c1-15(2,3)14(16)17-13-9-8-11-6-4-5-7-12(11)10-13/h4-7,13H,8-10H2,1-3H3. The van der Waals surface area contributed by atoms with Gasteiger partial charge in [-0.1, -0.05) is 24.3 Å². The van der Waals surface area contributed by atoms with E-state index in [1.165, 1.54) is 11.1 Å². The molecule has 1 aliphatic rings. The van der Waals surface area contributed by atoms with E-state index in [1.54, 1.807) is 0 Å². The quantitative estimate of drug-likeness (QED) is 0.695. The number of carbonyl (C=O) groups is 1. The fraction of sp³-hybridized carbons (Fsp3) is 0.533. The number of fused-ring (bicyclic) bond motifs is 1. The van der Waals surface area contributed by atoms with Crippen molar-refractivity contribution in [1.29, 1.82) is 0 Å². The summed E-state index contributed by atoms with van der Waals surface area (Å²) in [6, 6.07) is 8.41. The summed E-state index contributed by atoms with van der Waals surface area (Å²) in [6.45, 7) is 5.68. The maximum absolute atomic E-state index is 11.8. The van der Waals surface area contributed by atoms with E-state index in [-0.39, 0.29) is 12.1 Å². The summed E-state index contributed by atoms with van der Waals surface area (Å²) in [5.74, 6) is -0.0955. The van der Waals surface area contributed by atoms with Gasteiger partial charge in [-0.05, 0) is 44.7 Å². The first kappa shape index (κ1) is 12.2. The highest BCUT2D eigenvalue weighted by molar-refractivity contribution is 5.75. The molecule has 0 heterocycles. The molecule has 2 nitrogen and oxygen atoms in total. The topological polar surface area (TPSA) is 26.3 Å². The number of hydrogen-bond acceptors (Lipinski definition) is 2. The highest BCUT2D eigenvalue weighted by atomic mass is 16.5. The van der Waals surface area contributed by atoms with Crippen LogP contribution in [0.3, 0.4) is 0 Å². The minimum Gasteiger partial charge on any atom is -0.462 e. The Kier molecular flexibility index (Phi) is 3.23. The molecule has 2 rings (SSSR count). The van der Waals surface area contributed by atoms with Gasteiger partial charge >= 0.3 is 5.97 Å². The lowest BCUT2D eigenvalue weighted by molar-refractivity contribution is -0.159. The van der Waals surface area contributed by atoms with Gasteiger partial charge in [0.05, 0.1) is 5.41 Å². The van der Waals surface area contributed by atoms with Gasteiger partial charge in [-0.3, -0.25) is 4.79 Å². The monoisotopic (exact) mass is 232 g/mol. The Morgan fingerprint density at radius 2 is 1.88 bits per heavy atom. The largest absolute Gasteiger partial charge is 0.462 e. The van der Waals surface area contributed by atoms with Crippen LogP contribution in [-0.2, 0) is 22.4 Å². The van der Waals surface area contributed by atoms with Gasteiger partial charge in [-0.25, -0.2) is 0 Å². The first-order chi connectivity index (χ1) is 7.97. The number of rotatable bonds is 1. The van der Waals surface area contributed by atoms with Gasteiger partial charge in [-0.15, -0.1) is 0 Å². The van der Waals surface area contributed by atoms with Crippen molar-refractivity contribution in [2.75, 3.05) is 0 Å². The molecule has 2 heteroatoms. The van der Waals surface area contributed by atoms with E-state index in [1.807, 2.05) is 26.8 Å². The zero-order valence-corrected chi connectivity index (χ0v) is 10.8. The normalized spacial score (nSPS) is 19.6. The molecule has 0 saturated carbocycles. The molecule has 0 radical (unpaired) electrons. The molecule has 1 atom stereocenters. The maximum Gasteiger partial charge on any atom is 0.311 e. The predicted octanol–water partition coefficient (Wildman–Crippen LogP) is 3.13. The second kappa shape index (κ2) is 4.52. The second-order valence-electron chi connectivity index (χ2n) is 5.79. The van der Waals surface area contributed by atoms with Gasteiger partial charge in [0.15, 0.2) is 0 Å². The third kappa shape index (κ3) is 2.87. The van der Waals surface area contributed by atoms with Crippen LogP contribution in [0, 0.1) is 5.41 Å². The summed E-state index contributed by atoms with van der Waals surface area (Å²) in [5.41, 5.74) is 2.32. The molecular weight excluding hydrogens is 212 g/mol. The molecule has 0 bridgehead atoms. The number of ether oxygens (including phenoxy) is 1. The molecule has 0 amide bonds. The molecule has 0 saturated heterocycles. The molecule has 0 N–H and O–H groups in total. The van der Waals surface area contributed by atoms with Crippen molar-refractivity contribution >= 4 is 5.97 Å². The Morgan fingerprint density at radius 1 is 1.24 bits per heavy atom. The van der Waals surface area contributed by atoms with E-state index in [0.29, 0.717) is 0 Å². The van der Waals surface area contributed by atoms with Crippen LogP contribution in [0.15, 0.2) is 24.3 Å². The minimum atomic E-state index is -0.406. The van der Waals surface area contributed by atoms with Gasteiger partial charge < -0.3 is 4.74 Å². The zero-order chi connectivity index (χ0) is 12.5. The number of carbonyl (C=O) groups excluding carboxylic acids is 1. The van der Waals surface area contributed by atoms with Crippen molar-refractivity contribution in [2.24, 2.45) is 5.41 Å². The third-order valence-corrected chi connectivity index (χ3v) is 3.19. The number of hydrogen-bond donors (Lipinski definition) is 0. The fourth-order valence-electron chi connectivity index (χ4n) is 2.09. The predicted molar refractivity (Wildman–Crippen MR) is 67.8 cm³/mol. The van der Waals surface area contributed by atoms with Gasteiger partial charge in [0.2, 0.25) is 0 Å². The van der Waals surface area contributed by atoms with Crippen LogP contribution in [0.1, 0.15) is 38.3 Å². The van der Waals surface area contributed by atoms with Gasteiger partial charge in [-0.2, -0.15) is 0 Å². The summed E-state index contributed by atoms with van der Waals surface area (Å²) in [6.07, 6.45) is 2.87. The van der Waals surface area contributed by atoms with E-state index < -0.39 is 5.41 Å². The molecule has 1 unspecified atom stereocenters. The van der Waals surface area contributed by atoms with Gasteiger partial charge in [0.25, 0.3) is 0 Å². The lowest BCUT2D eigenvalue weighted by Gasteiger charge is -2.27. The molecule has 1 aliphatic carbocycles. The van der Waals surface area contributed by atoms with Crippen LogP contribution in [-0.4, -0.2) is 12.1 Å². The van der Waals surface area contributed by atoms with Crippen LogP contribution in [0.4, 0.5) is 0 Å². The van der Waals surface area contributed by atoms with Crippen LogP contribution in [0.2, 0.25) is 0 Å². The fourth-order valence-corrected chi connectivity index (χ4v) is 2.09. The molecule has 92 valence electrons. The highest BCUT2D eigenvalue weighted by Crippen LogP contribution is 2.25. The highest BCUT2D eigenvalue weighted by Gasteiger charge is 2.28. The maximum atomic E-state index is 11.8. The van der Waals surface area contributed by atoms with E-state index in [9.17, 15) is 4.79 Å². The summed E-state index contributed by atoms with van der Waals surface area (Å²) in [7, 11) is 0. The Balaban J connectivity index is 2.01. The first-order valence-electron chi connectivity index (χ1n) is 6.24. The van der Waals surface area contributed by atoms with Gasteiger partial charge in [0, 0.05) is 6.42 Å². The van der Waals surface area contributed by atoms with Crippen molar-refractivity contribution < 1.29 is 9.53 Å². The lowest BCUT2D eigenvalue weighted by atomic mass is 9.89. The SMILES string of the molecule is CC(C)(C)C(=O)OC1CCc2ccccc2C1. The molecular formula is C15H20O2. The summed E-state index contributed by atoms with van der Waals surface area (Å²) in [4.78, 5) is 11.8. The molecule has 0 aromatic heterocycles. The van der Waals surface area contributed by atoms with E-state index in [4.69, 9.17) is 4.74 Å². The van der Waals surface area contributed by atoms with Crippen LogP contribution in [0.5, 0.6) is 0 Å². The molecule has 1 aromatic rings. The van der Waals surface area contributed by atoms with E-state index >= 15 is 0 Å².